The third kappa shape index (κ3) is 4.79. The van der Waals surface area contributed by atoms with Gasteiger partial charge in [-0.05, 0) is 26.2 Å². The van der Waals surface area contributed by atoms with Gasteiger partial charge in [0.15, 0.2) is 5.79 Å². The number of aliphatic hydroxyl groups is 4. The topological polar surface area (TPSA) is 116 Å². The van der Waals surface area contributed by atoms with Gasteiger partial charge in [-0.25, -0.2) is 0 Å². The zero-order chi connectivity index (χ0) is 22.3. The van der Waals surface area contributed by atoms with E-state index in [2.05, 4.69) is 0 Å². The summed E-state index contributed by atoms with van der Waals surface area (Å²) in [6.45, 7) is 12.5. The fourth-order valence-electron chi connectivity index (χ4n) is 4.93. The van der Waals surface area contributed by atoms with Crippen molar-refractivity contribution >= 4 is 5.97 Å². The van der Waals surface area contributed by atoms with Crippen LogP contribution in [-0.2, 0) is 14.3 Å². The van der Waals surface area contributed by atoms with Gasteiger partial charge in [-0.1, -0.05) is 34.6 Å². The average Bonchev–Trinajstić information content (AvgIpc) is 2.66. The molecule has 0 aromatic carbocycles. The molecule has 4 N–H and O–H groups in total. The second-order valence-corrected chi connectivity index (χ2v) is 9.75. The first-order valence-corrected chi connectivity index (χ1v) is 11.0. The van der Waals surface area contributed by atoms with Gasteiger partial charge < -0.3 is 29.9 Å². The van der Waals surface area contributed by atoms with E-state index in [0.717, 1.165) is 0 Å². The highest BCUT2D eigenvalue weighted by molar-refractivity contribution is 5.73. The molecule has 29 heavy (non-hydrogen) atoms. The lowest BCUT2D eigenvalue weighted by atomic mass is 9.72. The molecular formula is C22H40O7. The lowest BCUT2D eigenvalue weighted by Gasteiger charge is -2.51. The summed E-state index contributed by atoms with van der Waals surface area (Å²) in [6, 6.07) is 0. The van der Waals surface area contributed by atoms with Gasteiger partial charge in [-0.15, -0.1) is 0 Å². The smallest absolute Gasteiger partial charge is 0.311 e. The minimum Gasteiger partial charge on any atom is -0.462 e. The molecule has 2 aliphatic rings. The lowest BCUT2D eigenvalue weighted by molar-refractivity contribution is -0.337. The Labute approximate surface area is 174 Å². The van der Waals surface area contributed by atoms with Crippen LogP contribution in [0, 0.1) is 35.5 Å². The number of carbonyl (C=O) groups is 1. The van der Waals surface area contributed by atoms with Crippen LogP contribution in [0.4, 0.5) is 0 Å². The van der Waals surface area contributed by atoms with Crippen LogP contribution in [0.2, 0.25) is 0 Å². The Bertz CT molecular complexity index is 569. The minimum absolute atomic E-state index is 0.0383. The Balaban J connectivity index is 2.43. The quantitative estimate of drug-likeness (QED) is 0.444. The van der Waals surface area contributed by atoms with E-state index in [1.54, 1.807) is 27.7 Å². The average molecular weight is 417 g/mol. The van der Waals surface area contributed by atoms with Crippen LogP contribution in [0.1, 0.15) is 61.3 Å². The number of ether oxygens (including phenoxy) is 2. The van der Waals surface area contributed by atoms with Crippen molar-refractivity contribution in [2.45, 2.75) is 97.6 Å². The molecule has 0 amide bonds. The van der Waals surface area contributed by atoms with Crippen LogP contribution in [0.15, 0.2) is 0 Å². The summed E-state index contributed by atoms with van der Waals surface area (Å²) in [6.07, 6.45) is -3.30. The van der Waals surface area contributed by atoms with E-state index in [9.17, 15) is 25.2 Å². The summed E-state index contributed by atoms with van der Waals surface area (Å²) in [7, 11) is 0. The van der Waals surface area contributed by atoms with Crippen LogP contribution in [0.25, 0.3) is 0 Å². The number of cyclic esters (lactones) is 1. The summed E-state index contributed by atoms with van der Waals surface area (Å²) in [5.74, 6) is -4.55. The van der Waals surface area contributed by atoms with Gasteiger partial charge >= 0.3 is 5.97 Å². The van der Waals surface area contributed by atoms with E-state index < -0.39 is 65.9 Å². The van der Waals surface area contributed by atoms with Gasteiger partial charge in [0.05, 0.1) is 30.3 Å². The predicted molar refractivity (Wildman–Crippen MR) is 108 cm³/mol. The molecule has 0 aromatic rings. The number of rotatable bonds is 0. The van der Waals surface area contributed by atoms with Gasteiger partial charge in [0.25, 0.3) is 0 Å². The monoisotopic (exact) mass is 416 g/mol. The molecule has 7 heteroatoms. The van der Waals surface area contributed by atoms with E-state index in [-0.39, 0.29) is 18.3 Å². The zero-order valence-electron chi connectivity index (χ0n) is 18.8. The molecule has 0 radical (unpaired) electrons. The number of hydrogen-bond donors (Lipinski definition) is 4. The van der Waals surface area contributed by atoms with Gasteiger partial charge in [-0.2, -0.15) is 0 Å². The highest BCUT2D eigenvalue weighted by Gasteiger charge is 2.52. The maximum absolute atomic E-state index is 12.6. The summed E-state index contributed by atoms with van der Waals surface area (Å²) >= 11 is 0. The van der Waals surface area contributed by atoms with Crippen molar-refractivity contribution < 1.29 is 34.7 Å². The van der Waals surface area contributed by atoms with E-state index in [4.69, 9.17) is 9.47 Å². The summed E-state index contributed by atoms with van der Waals surface area (Å²) in [5, 5.41) is 43.7. The van der Waals surface area contributed by atoms with Crippen LogP contribution in [0.3, 0.4) is 0 Å². The molecule has 2 bridgehead atoms. The fraction of sp³-hybridized carbons (Fsp3) is 0.955. The SMILES string of the molecule is CC1CC(C)C2(O)OC1C(C)C(O)C(C)C(=O)OC(C)C(C)C(O)CC(O)C2C. The highest BCUT2D eigenvalue weighted by atomic mass is 16.6. The largest absolute Gasteiger partial charge is 0.462 e. The van der Waals surface area contributed by atoms with Crippen molar-refractivity contribution in [3.63, 3.8) is 0 Å². The molecule has 12 unspecified atom stereocenters. The Hall–Kier alpha value is -0.730. The first-order valence-electron chi connectivity index (χ1n) is 11.0. The number of fused-ring (bicyclic) bond motifs is 2. The Morgan fingerprint density at radius 3 is 2.07 bits per heavy atom. The Morgan fingerprint density at radius 2 is 1.48 bits per heavy atom. The van der Waals surface area contributed by atoms with Crippen molar-refractivity contribution in [1.29, 1.82) is 0 Å². The zero-order valence-corrected chi connectivity index (χ0v) is 18.8. The molecule has 0 saturated carbocycles. The van der Waals surface area contributed by atoms with Crippen molar-refractivity contribution in [2.75, 3.05) is 0 Å². The van der Waals surface area contributed by atoms with Gasteiger partial charge in [-0.3, -0.25) is 4.79 Å². The van der Waals surface area contributed by atoms with Crippen LogP contribution in [-0.4, -0.2) is 62.7 Å². The molecule has 0 spiro atoms. The molecule has 0 aliphatic carbocycles. The molecule has 2 rings (SSSR count). The van der Waals surface area contributed by atoms with Crippen molar-refractivity contribution in [3.05, 3.63) is 0 Å². The first-order chi connectivity index (χ1) is 13.3. The molecule has 2 saturated heterocycles. The third-order valence-electron chi connectivity index (χ3n) is 7.62. The molecular weight excluding hydrogens is 376 g/mol. The Morgan fingerprint density at radius 1 is 0.897 bits per heavy atom. The minimum atomic E-state index is -1.59. The van der Waals surface area contributed by atoms with Gasteiger partial charge in [0.2, 0.25) is 0 Å². The normalized spacial score (nSPS) is 53.1. The summed E-state index contributed by atoms with van der Waals surface area (Å²) < 4.78 is 11.7. The van der Waals surface area contributed by atoms with Crippen molar-refractivity contribution in [2.24, 2.45) is 35.5 Å². The van der Waals surface area contributed by atoms with Gasteiger partial charge in [0, 0.05) is 30.1 Å². The number of hydrogen-bond acceptors (Lipinski definition) is 7. The van der Waals surface area contributed by atoms with E-state index in [1.165, 1.54) is 0 Å². The number of carbonyl (C=O) groups excluding carboxylic acids is 1. The molecule has 0 aromatic heterocycles. The van der Waals surface area contributed by atoms with Crippen molar-refractivity contribution in [1.82, 2.24) is 0 Å². The lowest BCUT2D eigenvalue weighted by Crippen LogP contribution is -2.59. The summed E-state index contributed by atoms with van der Waals surface area (Å²) in [4.78, 5) is 12.6. The third-order valence-corrected chi connectivity index (χ3v) is 7.62. The molecule has 2 heterocycles. The maximum atomic E-state index is 12.6. The second-order valence-electron chi connectivity index (χ2n) is 9.75. The first kappa shape index (κ1) is 24.5. The molecule has 170 valence electrons. The number of aliphatic hydroxyl groups excluding tert-OH is 3. The highest BCUT2D eigenvalue weighted by Crippen LogP contribution is 2.45. The molecule has 2 aliphatic heterocycles. The Kier molecular flexibility index (Phi) is 7.77. The van der Waals surface area contributed by atoms with Crippen molar-refractivity contribution in [3.8, 4) is 0 Å². The van der Waals surface area contributed by atoms with Crippen LogP contribution in [0.5, 0.6) is 0 Å². The molecule has 2 fully saturated rings. The van der Waals surface area contributed by atoms with E-state index in [1.807, 2.05) is 20.8 Å². The summed E-state index contributed by atoms with van der Waals surface area (Å²) in [5.41, 5.74) is 0. The maximum Gasteiger partial charge on any atom is 0.311 e. The van der Waals surface area contributed by atoms with E-state index in [0.29, 0.717) is 6.42 Å². The van der Waals surface area contributed by atoms with Crippen LogP contribution < -0.4 is 0 Å². The van der Waals surface area contributed by atoms with Gasteiger partial charge in [0.1, 0.15) is 6.10 Å². The molecule has 7 nitrogen and oxygen atoms in total. The number of esters is 1. The standard InChI is InChI=1S/C22H40O7/c1-10-8-11(2)22(27)15(6)18(24)9-17(23)12(3)16(7)28-21(26)14(5)19(25)13(4)20(10)29-22/h10-20,23-25,27H,8-9H2,1-7H3. The van der Waals surface area contributed by atoms with E-state index >= 15 is 0 Å². The fourth-order valence-corrected chi connectivity index (χ4v) is 4.93. The van der Waals surface area contributed by atoms with Crippen LogP contribution >= 0.6 is 0 Å². The predicted octanol–water partition coefficient (Wildman–Crippen LogP) is 1.70. The molecule has 12 atom stereocenters. The second kappa shape index (κ2) is 9.18.